The minimum absolute atomic E-state index is 0. The molecule has 0 aliphatic carbocycles. The minimum Gasteiger partial charge on any atom is -1.00 e. The molecule has 0 saturated heterocycles. The minimum atomic E-state index is 0. The monoisotopic (exact) mass is 388 g/mol. The predicted molar refractivity (Wildman–Crippen MR) is 103 cm³/mol. The van der Waals surface area contributed by atoms with Crippen molar-refractivity contribution in [3.05, 3.63) is 82.0 Å². The average molecular weight is 389 g/mol. The molecule has 26 heavy (non-hydrogen) atoms. The molecule has 0 bridgehead atoms. The summed E-state index contributed by atoms with van der Waals surface area (Å²) in [6.07, 6.45) is 0. The van der Waals surface area contributed by atoms with Crippen LogP contribution in [0.5, 0.6) is 11.5 Å². The van der Waals surface area contributed by atoms with Crippen LogP contribution in [0.25, 0.3) is 0 Å². The molecule has 0 unspecified atom stereocenters. The first-order chi connectivity index (χ1) is 12.3. The molecule has 0 amide bonds. The van der Waals surface area contributed by atoms with E-state index in [4.69, 9.17) is 9.47 Å². The van der Waals surface area contributed by atoms with Crippen LogP contribution in [0.2, 0.25) is 0 Å². The fourth-order valence-electron chi connectivity index (χ4n) is 2.53. The van der Waals surface area contributed by atoms with E-state index in [2.05, 4.69) is 47.1 Å². The molecule has 0 atom stereocenters. The lowest BCUT2D eigenvalue weighted by atomic mass is 10.2. The van der Waals surface area contributed by atoms with Gasteiger partial charge in [0.25, 0.3) is 0 Å². The standard InChI is InChI=1S/C21H23NO2S.ClH/c1-2-23-21-13-18(14-22-15-19-9-6-12-25-19)10-11-20(21)24-16-17-7-4-3-5-8-17;/h3-13,22H,2,14-16H2,1H3;1H/p-1. The summed E-state index contributed by atoms with van der Waals surface area (Å²) in [6, 6.07) is 20.5. The number of hydrogen-bond acceptors (Lipinski definition) is 4. The molecule has 0 radical (unpaired) electrons. The lowest BCUT2D eigenvalue weighted by molar-refractivity contribution is -0.00000578. The van der Waals surface area contributed by atoms with Crippen molar-refractivity contribution in [3.8, 4) is 11.5 Å². The summed E-state index contributed by atoms with van der Waals surface area (Å²) < 4.78 is 11.7. The van der Waals surface area contributed by atoms with Gasteiger partial charge in [0.2, 0.25) is 0 Å². The topological polar surface area (TPSA) is 30.5 Å². The van der Waals surface area contributed by atoms with Crippen LogP contribution in [-0.2, 0) is 19.7 Å². The zero-order valence-electron chi connectivity index (χ0n) is 14.8. The van der Waals surface area contributed by atoms with Crippen molar-refractivity contribution >= 4 is 11.3 Å². The van der Waals surface area contributed by atoms with Crippen LogP contribution in [0.3, 0.4) is 0 Å². The van der Waals surface area contributed by atoms with Gasteiger partial charge >= 0.3 is 0 Å². The van der Waals surface area contributed by atoms with Crippen molar-refractivity contribution in [1.82, 2.24) is 5.32 Å². The third-order valence-corrected chi connectivity index (χ3v) is 4.63. The van der Waals surface area contributed by atoms with Crippen LogP contribution in [0.15, 0.2) is 66.0 Å². The van der Waals surface area contributed by atoms with Crippen LogP contribution in [0, 0.1) is 0 Å². The molecule has 1 aromatic heterocycles. The second-order valence-electron chi connectivity index (χ2n) is 5.67. The Morgan fingerprint density at radius 2 is 1.69 bits per heavy atom. The predicted octanol–water partition coefficient (Wildman–Crippen LogP) is 2.02. The summed E-state index contributed by atoms with van der Waals surface area (Å²) in [7, 11) is 0. The fourth-order valence-corrected chi connectivity index (χ4v) is 3.20. The molecule has 3 aromatic rings. The van der Waals surface area contributed by atoms with Crippen LogP contribution in [-0.4, -0.2) is 6.61 Å². The van der Waals surface area contributed by atoms with E-state index >= 15 is 0 Å². The Balaban J connectivity index is 0.00000243. The average Bonchev–Trinajstić information content (AvgIpc) is 3.16. The molecule has 0 aliphatic rings. The Bertz CT molecular complexity index is 763. The second-order valence-corrected chi connectivity index (χ2v) is 6.70. The molecule has 1 heterocycles. The number of nitrogens with one attached hydrogen (secondary N) is 1. The molecule has 138 valence electrons. The number of hydrogen-bond donors (Lipinski definition) is 1. The second kappa shape index (κ2) is 10.9. The molecule has 0 spiro atoms. The number of rotatable bonds is 9. The highest BCUT2D eigenvalue weighted by molar-refractivity contribution is 7.09. The smallest absolute Gasteiger partial charge is 0.161 e. The molecule has 0 saturated carbocycles. The van der Waals surface area contributed by atoms with E-state index in [0.717, 1.165) is 30.2 Å². The van der Waals surface area contributed by atoms with Gasteiger partial charge in [0.15, 0.2) is 11.5 Å². The zero-order valence-corrected chi connectivity index (χ0v) is 16.4. The normalized spacial score (nSPS) is 10.2. The van der Waals surface area contributed by atoms with E-state index < -0.39 is 0 Å². The molecule has 0 fully saturated rings. The van der Waals surface area contributed by atoms with Gasteiger partial charge in [0, 0.05) is 18.0 Å². The summed E-state index contributed by atoms with van der Waals surface area (Å²) in [5.41, 5.74) is 2.33. The third kappa shape index (κ3) is 6.06. The Labute approximate surface area is 165 Å². The largest absolute Gasteiger partial charge is 1.00 e. The van der Waals surface area contributed by atoms with Crippen molar-refractivity contribution in [2.75, 3.05) is 6.61 Å². The Kier molecular flexibility index (Phi) is 8.48. The first kappa shape index (κ1) is 20.3. The summed E-state index contributed by atoms with van der Waals surface area (Å²) in [5, 5.41) is 5.57. The van der Waals surface area contributed by atoms with Crippen molar-refractivity contribution in [1.29, 1.82) is 0 Å². The lowest BCUT2D eigenvalue weighted by Gasteiger charge is -2.14. The number of ether oxygens (including phenoxy) is 2. The van der Waals surface area contributed by atoms with E-state index in [0.29, 0.717) is 13.2 Å². The number of thiophene rings is 1. The van der Waals surface area contributed by atoms with Crippen LogP contribution >= 0.6 is 11.3 Å². The number of halogens is 1. The van der Waals surface area contributed by atoms with Gasteiger partial charge in [-0.25, -0.2) is 0 Å². The van der Waals surface area contributed by atoms with Crippen molar-refractivity contribution in [2.45, 2.75) is 26.6 Å². The first-order valence-corrected chi connectivity index (χ1v) is 9.38. The summed E-state index contributed by atoms with van der Waals surface area (Å²) in [6.45, 7) is 4.83. The summed E-state index contributed by atoms with van der Waals surface area (Å²) in [4.78, 5) is 1.34. The Morgan fingerprint density at radius 1 is 0.846 bits per heavy atom. The maximum Gasteiger partial charge on any atom is 0.161 e. The van der Waals surface area contributed by atoms with Crippen molar-refractivity contribution in [3.63, 3.8) is 0 Å². The fraction of sp³-hybridized carbons (Fsp3) is 0.238. The summed E-state index contributed by atoms with van der Waals surface area (Å²) in [5.74, 6) is 1.58. The van der Waals surface area contributed by atoms with Gasteiger partial charge in [-0.05, 0) is 41.6 Å². The molecule has 3 nitrogen and oxygen atoms in total. The zero-order chi connectivity index (χ0) is 17.3. The maximum absolute atomic E-state index is 5.95. The van der Waals surface area contributed by atoms with Crippen LogP contribution in [0.1, 0.15) is 22.9 Å². The molecular formula is C21H23ClNO2S-. The Morgan fingerprint density at radius 3 is 2.42 bits per heavy atom. The molecule has 2 aromatic carbocycles. The van der Waals surface area contributed by atoms with E-state index in [-0.39, 0.29) is 12.4 Å². The van der Waals surface area contributed by atoms with Crippen LogP contribution in [0.4, 0.5) is 0 Å². The van der Waals surface area contributed by atoms with Crippen molar-refractivity contribution in [2.24, 2.45) is 0 Å². The molecule has 5 heteroatoms. The summed E-state index contributed by atoms with van der Waals surface area (Å²) >= 11 is 1.77. The van der Waals surface area contributed by atoms with E-state index in [1.165, 1.54) is 10.4 Å². The Hall–Kier alpha value is -2.01. The van der Waals surface area contributed by atoms with Gasteiger partial charge in [-0.3, -0.25) is 0 Å². The highest BCUT2D eigenvalue weighted by atomic mass is 35.5. The highest BCUT2D eigenvalue weighted by Gasteiger charge is 2.07. The molecule has 0 aliphatic heterocycles. The van der Waals surface area contributed by atoms with Gasteiger partial charge in [0.05, 0.1) is 6.61 Å². The van der Waals surface area contributed by atoms with Gasteiger partial charge in [0.1, 0.15) is 6.61 Å². The van der Waals surface area contributed by atoms with Gasteiger partial charge in [-0.15, -0.1) is 11.3 Å². The molecule has 3 rings (SSSR count). The van der Waals surface area contributed by atoms with Crippen LogP contribution < -0.4 is 27.2 Å². The number of benzene rings is 2. The molecular weight excluding hydrogens is 366 g/mol. The van der Waals surface area contributed by atoms with Crippen molar-refractivity contribution < 1.29 is 21.9 Å². The van der Waals surface area contributed by atoms with E-state index in [1.54, 1.807) is 11.3 Å². The van der Waals surface area contributed by atoms with E-state index in [9.17, 15) is 0 Å². The van der Waals surface area contributed by atoms with Gasteiger partial charge < -0.3 is 27.2 Å². The van der Waals surface area contributed by atoms with Gasteiger partial charge in [-0.1, -0.05) is 42.5 Å². The quantitative estimate of drug-likeness (QED) is 0.608. The third-order valence-electron chi connectivity index (χ3n) is 3.75. The lowest BCUT2D eigenvalue weighted by Crippen LogP contribution is -3.00. The highest BCUT2D eigenvalue weighted by Crippen LogP contribution is 2.29. The van der Waals surface area contributed by atoms with E-state index in [1.807, 2.05) is 31.2 Å². The SMILES string of the molecule is CCOc1cc(CNCc2cccs2)ccc1OCc1ccccc1.[Cl-]. The molecule has 1 N–H and O–H groups in total. The maximum atomic E-state index is 5.95. The first-order valence-electron chi connectivity index (χ1n) is 8.50. The van der Waals surface area contributed by atoms with Gasteiger partial charge in [-0.2, -0.15) is 0 Å².